The second-order valence-electron chi connectivity index (χ2n) is 6.31. The van der Waals surface area contributed by atoms with Gasteiger partial charge in [0.15, 0.2) is 5.03 Å². The molecule has 0 bridgehead atoms. The van der Waals surface area contributed by atoms with Crippen molar-refractivity contribution in [1.82, 2.24) is 14.3 Å². The van der Waals surface area contributed by atoms with Crippen LogP contribution < -0.4 is 4.72 Å². The van der Waals surface area contributed by atoms with Crippen molar-refractivity contribution in [2.45, 2.75) is 49.9 Å². The molecular weight excluding hydrogens is 326 g/mol. The van der Waals surface area contributed by atoms with E-state index in [2.05, 4.69) is 9.71 Å². The van der Waals surface area contributed by atoms with E-state index in [1.54, 1.807) is 17.1 Å². The van der Waals surface area contributed by atoms with Crippen molar-refractivity contribution in [3.63, 3.8) is 0 Å². The summed E-state index contributed by atoms with van der Waals surface area (Å²) in [7, 11) is -3.72. The third-order valence-corrected chi connectivity index (χ3v) is 5.55. The second-order valence-corrected chi connectivity index (χ2v) is 7.97. The van der Waals surface area contributed by atoms with E-state index >= 15 is 0 Å². The van der Waals surface area contributed by atoms with Crippen LogP contribution in [-0.2, 0) is 14.8 Å². The zero-order valence-electron chi connectivity index (χ0n) is 13.9. The molecule has 1 N–H and O–H groups in total. The Kier molecular flexibility index (Phi) is 5.03. The van der Waals surface area contributed by atoms with Crippen molar-refractivity contribution < 1.29 is 13.2 Å². The molecule has 2 aromatic rings. The molecule has 6 nitrogen and oxygen atoms in total. The SMILES string of the molecule is CC(C)n1cnc(S(=O)(=O)NC(c2ccccc2)C2CCCO2)c1. The first-order valence-corrected chi connectivity index (χ1v) is 9.68. The molecule has 2 unspecified atom stereocenters. The lowest BCUT2D eigenvalue weighted by Crippen LogP contribution is -2.36. The Morgan fingerprint density at radius 3 is 2.62 bits per heavy atom. The average Bonchev–Trinajstić information content (AvgIpc) is 3.25. The number of aromatic nitrogens is 2. The quantitative estimate of drug-likeness (QED) is 0.870. The Labute approximate surface area is 142 Å². The zero-order chi connectivity index (χ0) is 17.2. The smallest absolute Gasteiger partial charge is 0.260 e. The van der Waals surface area contributed by atoms with Crippen LogP contribution in [0.15, 0.2) is 47.9 Å². The average molecular weight is 349 g/mol. The van der Waals surface area contributed by atoms with Crippen LogP contribution in [0.3, 0.4) is 0 Å². The summed E-state index contributed by atoms with van der Waals surface area (Å²) >= 11 is 0. The highest BCUT2D eigenvalue weighted by atomic mass is 32.2. The Bertz CT molecular complexity index is 765. The van der Waals surface area contributed by atoms with Gasteiger partial charge < -0.3 is 9.30 Å². The number of benzene rings is 1. The summed E-state index contributed by atoms with van der Waals surface area (Å²) in [6.45, 7) is 4.62. The van der Waals surface area contributed by atoms with Crippen LogP contribution in [0.1, 0.15) is 44.3 Å². The van der Waals surface area contributed by atoms with Crippen molar-refractivity contribution in [3.05, 3.63) is 48.4 Å². The van der Waals surface area contributed by atoms with Crippen LogP contribution in [0.2, 0.25) is 0 Å². The molecule has 0 radical (unpaired) electrons. The first-order valence-electron chi connectivity index (χ1n) is 8.20. The molecule has 0 saturated carbocycles. The fraction of sp³-hybridized carbons (Fsp3) is 0.471. The molecular formula is C17H23N3O3S. The molecule has 24 heavy (non-hydrogen) atoms. The van der Waals surface area contributed by atoms with Gasteiger partial charge in [-0.3, -0.25) is 0 Å². The molecule has 7 heteroatoms. The van der Waals surface area contributed by atoms with E-state index in [9.17, 15) is 8.42 Å². The Hall–Kier alpha value is -1.70. The van der Waals surface area contributed by atoms with Gasteiger partial charge in [-0.1, -0.05) is 30.3 Å². The monoisotopic (exact) mass is 349 g/mol. The topological polar surface area (TPSA) is 73.2 Å². The summed E-state index contributed by atoms with van der Waals surface area (Å²) in [5, 5.41) is 0.0372. The van der Waals surface area contributed by atoms with Gasteiger partial charge in [0.25, 0.3) is 10.0 Å². The lowest BCUT2D eigenvalue weighted by Gasteiger charge is -2.24. The summed E-state index contributed by atoms with van der Waals surface area (Å²) in [4.78, 5) is 4.05. The first kappa shape index (κ1) is 17.1. The molecule has 1 fully saturated rings. The minimum absolute atomic E-state index is 0.0372. The number of ether oxygens (including phenoxy) is 1. The third kappa shape index (κ3) is 3.68. The number of nitrogens with one attached hydrogen (secondary N) is 1. The van der Waals surface area contributed by atoms with Gasteiger partial charge in [-0.2, -0.15) is 4.72 Å². The molecule has 130 valence electrons. The van der Waals surface area contributed by atoms with E-state index in [4.69, 9.17) is 4.74 Å². The molecule has 1 aromatic carbocycles. The van der Waals surface area contributed by atoms with Gasteiger partial charge in [-0.15, -0.1) is 0 Å². The maximum atomic E-state index is 12.8. The standard InChI is InChI=1S/C17H23N3O3S/c1-13(2)20-11-16(18-12-20)24(21,22)19-17(15-9-6-10-23-15)14-7-4-3-5-8-14/h3-5,7-8,11-13,15,17,19H,6,9-10H2,1-2H3. The number of sulfonamides is 1. The fourth-order valence-corrected chi connectivity index (χ4v) is 4.04. The highest BCUT2D eigenvalue weighted by molar-refractivity contribution is 7.89. The highest BCUT2D eigenvalue weighted by Crippen LogP contribution is 2.28. The summed E-state index contributed by atoms with van der Waals surface area (Å²) in [6.07, 6.45) is 4.72. The van der Waals surface area contributed by atoms with E-state index in [1.807, 2.05) is 44.2 Å². The molecule has 2 heterocycles. The van der Waals surface area contributed by atoms with E-state index < -0.39 is 16.1 Å². The van der Waals surface area contributed by atoms with E-state index in [0.717, 1.165) is 18.4 Å². The largest absolute Gasteiger partial charge is 0.376 e. The van der Waals surface area contributed by atoms with Gasteiger partial charge in [-0.25, -0.2) is 13.4 Å². The molecule has 1 aromatic heterocycles. The van der Waals surface area contributed by atoms with Crippen molar-refractivity contribution in [1.29, 1.82) is 0 Å². The van der Waals surface area contributed by atoms with Crippen LogP contribution in [0.25, 0.3) is 0 Å². The maximum absolute atomic E-state index is 12.8. The summed E-state index contributed by atoms with van der Waals surface area (Å²) in [5.41, 5.74) is 0.899. The molecule has 0 amide bonds. The summed E-state index contributed by atoms with van der Waals surface area (Å²) < 4.78 is 35.8. The van der Waals surface area contributed by atoms with Gasteiger partial charge in [0, 0.05) is 18.8 Å². The maximum Gasteiger partial charge on any atom is 0.260 e. The van der Waals surface area contributed by atoms with Crippen molar-refractivity contribution in [2.24, 2.45) is 0 Å². The van der Waals surface area contributed by atoms with Gasteiger partial charge in [0.05, 0.1) is 18.5 Å². The van der Waals surface area contributed by atoms with Gasteiger partial charge in [0.1, 0.15) is 0 Å². The van der Waals surface area contributed by atoms with E-state index in [0.29, 0.717) is 6.61 Å². The number of hydrogen-bond donors (Lipinski definition) is 1. The first-order chi connectivity index (χ1) is 11.5. The van der Waals surface area contributed by atoms with Crippen molar-refractivity contribution in [3.8, 4) is 0 Å². The fourth-order valence-electron chi connectivity index (χ4n) is 2.85. The lowest BCUT2D eigenvalue weighted by atomic mass is 10.0. The van der Waals surface area contributed by atoms with Crippen molar-refractivity contribution in [2.75, 3.05) is 6.61 Å². The normalized spacial score (nSPS) is 19.7. The van der Waals surface area contributed by atoms with Crippen LogP contribution >= 0.6 is 0 Å². The number of rotatable bonds is 6. The number of nitrogens with zero attached hydrogens (tertiary/aromatic N) is 2. The molecule has 2 atom stereocenters. The number of hydrogen-bond acceptors (Lipinski definition) is 4. The predicted molar refractivity (Wildman–Crippen MR) is 91.1 cm³/mol. The third-order valence-electron chi connectivity index (χ3n) is 4.23. The zero-order valence-corrected chi connectivity index (χ0v) is 14.7. The van der Waals surface area contributed by atoms with Crippen LogP contribution in [0, 0.1) is 0 Å². The molecule has 0 aliphatic carbocycles. The van der Waals surface area contributed by atoms with Crippen LogP contribution in [-0.4, -0.2) is 30.7 Å². The summed E-state index contributed by atoms with van der Waals surface area (Å²) in [6, 6.07) is 9.29. The van der Waals surface area contributed by atoms with Gasteiger partial charge >= 0.3 is 0 Å². The Morgan fingerprint density at radius 1 is 1.29 bits per heavy atom. The van der Waals surface area contributed by atoms with E-state index in [1.165, 1.54) is 0 Å². The highest BCUT2D eigenvalue weighted by Gasteiger charge is 2.32. The molecule has 3 rings (SSSR count). The van der Waals surface area contributed by atoms with Gasteiger partial charge in [-0.05, 0) is 32.3 Å². The summed E-state index contributed by atoms with van der Waals surface area (Å²) in [5.74, 6) is 0. The molecule has 1 aliphatic heterocycles. The minimum Gasteiger partial charge on any atom is -0.376 e. The Balaban J connectivity index is 1.88. The van der Waals surface area contributed by atoms with Gasteiger partial charge in [0.2, 0.25) is 0 Å². The minimum atomic E-state index is -3.72. The second kappa shape index (κ2) is 7.04. The van der Waals surface area contributed by atoms with Crippen LogP contribution in [0.4, 0.5) is 0 Å². The van der Waals surface area contributed by atoms with E-state index in [-0.39, 0.29) is 17.2 Å². The predicted octanol–water partition coefficient (Wildman–Crippen LogP) is 2.66. The molecule has 1 aliphatic rings. The Morgan fingerprint density at radius 2 is 2.04 bits per heavy atom. The number of imidazole rings is 1. The van der Waals surface area contributed by atoms with Crippen molar-refractivity contribution >= 4 is 10.0 Å². The van der Waals surface area contributed by atoms with Crippen LogP contribution in [0.5, 0.6) is 0 Å². The molecule has 0 spiro atoms. The lowest BCUT2D eigenvalue weighted by molar-refractivity contribution is 0.0852. The molecule has 1 saturated heterocycles.